The summed E-state index contributed by atoms with van der Waals surface area (Å²) in [5, 5.41) is 3.88. The number of fused-ring (bicyclic) bond motifs is 3. The van der Waals surface area contributed by atoms with Crippen LogP contribution in [-0.4, -0.2) is 38.1 Å². The molecule has 2 aliphatic rings. The molecular formula is C25H24BF2N3O3. The number of methoxy groups -OCH3 is 2. The fourth-order valence-electron chi connectivity index (χ4n) is 4.81. The summed E-state index contributed by atoms with van der Waals surface area (Å²) in [5.41, 5.74) is 2.74. The molecule has 0 bridgehead atoms. The lowest BCUT2D eigenvalue weighted by atomic mass is 9.89. The van der Waals surface area contributed by atoms with Gasteiger partial charge in [-0.1, -0.05) is 0 Å². The summed E-state index contributed by atoms with van der Waals surface area (Å²) >= 11 is 0. The predicted molar refractivity (Wildman–Crippen MR) is 128 cm³/mol. The van der Waals surface area contributed by atoms with Gasteiger partial charge in [0.1, 0.15) is 11.5 Å². The van der Waals surface area contributed by atoms with Crippen molar-refractivity contribution in [2.45, 2.75) is 13.3 Å². The lowest BCUT2D eigenvalue weighted by Crippen LogP contribution is -2.56. The number of halogens is 2. The second-order valence-corrected chi connectivity index (χ2v) is 8.32. The lowest BCUT2D eigenvalue weighted by molar-refractivity contribution is -0.118. The minimum Gasteiger partial charge on any atom is -0.497 e. The zero-order chi connectivity index (χ0) is 24.0. The molecule has 3 aromatic rings. The van der Waals surface area contributed by atoms with Crippen LogP contribution in [0.4, 0.5) is 8.63 Å². The van der Waals surface area contributed by atoms with Gasteiger partial charge in [0.2, 0.25) is 5.91 Å². The summed E-state index contributed by atoms with van der Waals surface area (Å²) in [6.07, 6.45) is 2.21. The van der Waals surface area contributed by atoms with E-state index >= 15 is 8.63 Å². The summed E-state index contributed by atoms with van der Waals surface area (Å²) in [6, 6.07) is 15.7. The van der Waals surface area contributed by atoms with E-state index in [4.69, 9.17) is 9.47 Å². The first kappa shape index (κ1) is 21.9. The summed E-state index contributed by atoms with van der Waals surface area (Å²) in [4.78, 5) is 11.4. The molecule has 6 nitrogen and oxygen atoms in total. The highest BCUT2D eigenvalue weighted by atomic mass is 19.2. The first-order chi connectivity index (χ1) is 16.3. The van der Waals surface area contributed by atoms with Gasteiger partial charge in [0.05, 0.1) is 19.4 Å². The van der Waals surface area contributed by atoms with Gasteiger partial charge in [0.15, 0.2) is 11.1 Å². The Balaban J connectivity index is 1.71. The Morgan fingerprint density at radius 3 is 2.41 bits per heavy atom. The van der Waals surface area contributed by atoms with Gasteiger partial charge < -0.3 is 32.4 Å². The first-order valence-electron chi connectivity index (χ1n) is 11.0. The Kier molecular flexibility index (Phi) is 5.27. The number of benzene rings is 2. The van der Waals surface area contributed by atoms with E-state index < -0.39 is 6.97 Å². The number of nitrogens with zero attached hydrogens (tertiary/aromatic N) is 2. The third kappa shape index (κ3) is 3.39. The molecule has 0 saturated heterocycles. The van der Waals surface area contributed by atoms with Crippen LogP contribution in [0.5, 0.6) is 11.5 Å². The molecule has 1 amide bonds. The van der Waals surface area contributed by atoms with Gasteiger partial charge in [-0.3, -0.25) is 4.79 Å². The maximum atomic E-state index is 16.3. The van der Waals surface area contributed by atoms with Crippen molar-refractivity contribution in [3.63, 3.8) is 0 Å². The molecule has 0 atom stereocenters. The van der Waals surface area contributed by atoms with Crippen LogP contribution in [0.3, 0.4) is 0 Å². The van der Waals surface area contributed by atoms with E-state index in [9.17, 15) is 4.79 Å². The molecule has 0 aliphatic carbocycles. The van der Waals surface area contributed by atoms with Crippen molar-refractivity contribution in [3.05, 3.63) is 76.6 Å². The van der Waals surface area contributed by atoms with Crippen molar-refractivity contribution in [1.82, 2.24) is 14.3 Å². The molecule has 1 N–H and O–H groups in total. The van der Waals surface area contributed by atoms with Crippen LogP contribution in [0.2, 0.25) is 0 Å². The van der Waals surface area contributed by atoms with Crippen molar-refractivity contribution in [3.8, 4) is 22.8 Å². The summed E-state index contributed by atoms with van der Waals surface area (Å²) in [5.74, 6) is 1.09. The minimum atomic E-state index is -4.20. The van der Waals surface area contributed by atoms with Crippen molar-refractivity contribution in [1.29, 1.82) is 0 Å². The maximum Gasteiger partial charge on any atom is 0.737 e. The predicted octanol–water partition coefficient (Wildman–Crippen LogP) is 2.63. The third-order valence-corrected chi connectivity index (χ3v) is 6.35. The van der Waals surface area contributed by atoms with Crippen molar-refractivity contribution >= 4 is 24.5 Å². The average molecular weight is 463 g/mol. The van der Waals surface area contributed by atoms with E-state index in [-0.39, 0.29) is 5.91 Å². The number of hydrogen-bond donors (Lipinski definition) is 1. The van der Waals surface area contributed by atoms with E-state index in [0.717, 1.165) is 14.5 Å². The number of aromatic nitrogens is 1. The molecule has 0 fully saturated rings. The number of carbonyl (C=O) groups is 1. The lowest BCUT2D eigenvalue weighted by Gasteiger charge is -2.30. The number of allylic oxidation sites excluding steroid dienone is 1. The average Bonchev–Trinajstić information content (AvgIpc) is 3.39. The zero-order valence-corrected chi connectivity index (χ0v) is 19.1. The monoisotopic (exact) mass is 463 g/mol. The molecule has 0 saturated carbocycles. The Bertz CT molecular complexity index is 1460. The van der Waals surface area contributed by atoms with Crippen LogP contribution in [0.25, 0.3) is 22.9 Å². The van der Waals surface area contributed by atoms with Crippen molar-refractivity contribution in [2.24, 2.45) is 0 Å². The molecule has 3 heterocycles. The highest BCUT2D eigenvalue weighted by molar-refractivity contribution is 6.64. The first-order valence-corrected chi connectivity index (χ1v) is 11.0. The fourth-order valence-corrected chi connectivity index (χ4v) is 4.81. The van der Waals surface area contributed by atoms with Crippen molar-refractivity contribution in [2.75, 3.05) is 20.8 Å². The Hall–Kier alpha value is -3.88. The molecule has 0 spiro atoms. The van der Waals surface area contributed by atoms with E-state index in [1.54, 1.807) is 74.9 Å². The highest BCUT2D eigenvalue weighted by Crippen LogP contribution is 2.36. The second-order valence-electron chi connectivity index (χ2n) is 8.32. The molecule has 0 radical (unpaired) electrons. The van der Waals surface area contributed by atoms with Gasteiger partial charge in [0, 0.05) is 42.6 Å². The van der Waals surface area contributed by atoms with Crippen LogP contribution >= 0.6 is 0 Å². The van der Waals surface area contributed by atoms with E-state index in [1.807, 2.05) is 0 Å². The Morgan fingerprint density at radius 1 is 1.03 bits per heavy atom. The highest BCUT2D eigenvalue weighted by Gasteiger charge is 2.53. The summed E-state index contributed by atoms with van der Waals surface area (Å²) < 4.78 is 45.5. The number of hydrogen-bond acceptors (Lipinski definition) is 3. The smallest absolute Gasteiger partial charge is 0.497 e. The van der Waals surface area contributed by atoms with Crippen molar-refractivity contribution < 1.29 is 22.9 Å². The topological polar surface area (TPSA) is 55.5 Å². The van der Waals surface area contributed by atoms with E-state index in [0.29, 0.717) is 57.7 Å². The van der Waals surface area contributed by atoms with Crippen LogP contribution in [0, 0.1) is 0 Å². The molecule has 2 aliphatic heterocycles. The summed E-state index contributed by atoms with van der Waals surface area (Å²) in [6.45, 7) is -2.41. The molecular weight excluding hydrogens is 439 g/mol. The number of rotatable bonds is 6. The maximum absolute atomic E-state index is 16.3. The second kappa shape index (κ2) is 8.16. The molecule has 9 heteroatoms. The number of ether oxygens (including phenoxy) is 2. The normalized spacial score (nSPS) is 15.3. The van der Waals surface area contributed by atoms with Crippen LogP contribution < -0.4 is 29.9 Å². The Morgan fingerprint density at radius 2 is 1.74 bits per heavy atom. The van der Waals surface area contributed by atoms with Gasteiger partial charge in [-0.25, -0.2) is 0 Å². The van der Waals surface area contributed by atoms with Gasteiger partial charge >= 0.3 is 6.97 Å². The van der Waals surface area contributed by atoms with E-state index in [2.05, 4.69) is 5.32 Å². The molecule has 0 unspecified atom stereocenters. The van der Waals surface area contributed by atoms with Crippen LogP contribution in [-0.2, 0) is 4.79 Å². The number of nitrogens with one attached hydrogen (secondary N) is 1. The molecule has 1 aromatic heterocycles. The number of amides is 1. The SMILES string of the molecule is COc1ccc(-c2ccc3n2[B-](F)(F)[N+]2=c4ccc(OC)cc4=C(CCNC(C)=O)C2=C3)cc1. The standard InChI is InChI=1S/C25H24BF2N3O3/c1-16(32)29-13-12-21-22-15-20(34-3)9-11-24(22)31-25(21)14-18-6-10-23(30(18)26(31,27)28)17-4-7-19(33-2)8-5-17/h4-11,14-15H,12-13H2,1-3H3,(H,29,32). The van der Waals surface area contributed by atoms with Crippen LogP contribution in [0.15, 0.2) is 60.3 Å². The quantitative estimate of drug-likeness (QED) is 0.573. The third-order valence-electron chi connectivity index (χ3n) is 6.35. The van der Waals surface area contributed by atoms with Crippen LogP contribution in [0.1, 0.15) is 19.0 Å². The van der Waals surface area contributed by atoms with E-state index in [1.165, 1.54) is 6.92 Å². The fraction of sp³-hybridized carbons (Fsp3) is 0.200. The molecule has 2 aromatic carbocycles. The van der Waals surface area contributed by atoms with Gasteiger partial charge in [0.25, 0.3) is 0 Å². The molecule has 34 heavy (non-hydrogen) atoms. The minimum absolute atomic E-state index is 0.161. The van der Waals surface area contributed by atoms with Gasteiger partial charge in [-0.15, -0.1) is 0 Å². The van der Waals surface area contributed by atoms with Gasteiger partial charge in [-0.05, 0) is 60.5 Å². The largest absolute Gasteiger partial charge is 0.737 e. The molecule has 174 valence electrons. The molecule has 5 rings (SSSR count). The number of carbonyl (C=O) groups excluding carboxylic acids is 1. The Labute approximate surface area is 195 Å². The summed E-state index contributed by atoms with van der Waals surface area (Å²) in [7, 11) is 3.11. The zero-order valence-electron chi connectivity index (χ0n) is 19.1. The van der Waals surface area contributed by atoms with Gasteiger partial charge in [-0.2, -0.15) is 0 Å².